The van der Waals surface area contributed by atoms with Crippen molar-refractivity contribution in [2.75, 3.05) is 11.9 Å². The minimum absolute atomic E-state index is 0.0430. The summed E-state index contributed by atoms with van der Waals surface area (Å²) in [4.78, 5) is 24.1. The van der Waals surface area contributed by atoms with Crippen molar-refractivity contribution in [3.8, 4) is 11.1 Å². The van der Waals surface area contributed by atoms with E-state index in [1.165, 1.54) is 6.92 Å². The quantitative estimate of drug-likeness (QED) is 0.515. The van der Waals surface area contributed by atoms with Gasteiger partial charge in [0.2, 0.25) is 0 Å². The van der Waals surface area contributed by atoms with Crippen molar-refractivity contribution in [2.24, 2.45) is 0 Å². The molecule has 32 heavy (non-hydrogen) atoms. The molecule has 1 atom stereocenters. The topological polar surface area (TPSA) is 78.4 Å². The molecule has 2 amide bonds. The van der Waals surface area contributed by atoms with Crippen molar-refractivity contribution in [3.63, 3.8) is 0 Å². The van der Waals surface area contributed by atoms with Gasteiger partial charge < -0.3 is 15.7 Å². The Bertz CT molecular complexity index is 1080. The molecule has 8 heteroatoms. The van der Waals surface area contributed by atoms with E-state index in [4.69, 9.17) is 0 Å². The Labute approximate surface area is 182 Å². The number of halogens is 3. The zero-order valence-electron chi connectivity index (χ0n) is 17.1. The van der Waals surface area contributed by atoms with E-state index in [0.717, 1.165) is 35.4 Å². The van der Waals surface area contributed by atoms with Crippen molar-refractivity contribution in [3.05, 3.63) is 90.0 Å². The zero-order valence-corrected chi connectivity index (χ0v) is 17.1. The molecular formula is C24H21F3N2O3. The maximum Gasteiger partial charge on any atom is 0.416 e. The van der Waals surface area contributed by atoms with Crippen LogP contribution in [0.1, 0.15) is 18.1 Å². The van der Waals surface area contributed by atoms with Crippen LogP contribution in [0, 0.1) is 0 Å². The molecule has 3 aromatic rings. The molecule has 0 radical (unpaired) electrons. The molecule has 0 saturated carbocycles. The van der Waals surface area contributed by atoms with Crippen LogP contribution in [0.25, 0.3) is 11.1 Å². The number of benzene rings is 3. The molecule has 0 aliphatic carbocycles. The summed E-state index contributed by atoms with van der Waals surface area (Å²) in [5, 5.41) is 15.3. The summed E-state index contributed by atoms with van der Waals surface area (Å²) in [5.41, 5.74) is 0.257. The lowest BCUT2D eigenvalue weighted by molar-refractivity contribution is -0.137. The third kappa shape index (κ3) is 5.73. The fourth-order valence-corrected chi connectivity index (χ4v) is 3.02. The van der Waals surface area contributed by atoms with E-state index in [2.05, 4.69) is 10.6 Å². The molecule has 0 spiro atoms. The van der Waals surface area contributed by atoms with E-state index in [1.54, 1.807) is 12.1 Å². The predicted molar refractivity (Wildman–Crippen MR) is 115 cm³/mol. The SMILES string of the molecule is CC(O)(CNC(=O)C(=O)Nc1ccc(C(F)(F)F)cc1)c1ccc(-c2ccccc2)cc1. The number of aliphatic hydroxyl groups is 1. The summed E-state index contributed by atoms with van der Waals surface area (Å²) in [5.74, 6) is -2.08. The Morgan fingerprint density at radius 1 is 0.781 bits per heavy atom. The first-order valence-electron chi connectivity index (χ1n) is 9.71. The standard InChI is InChI=1S/C24H21F3N2O3/c1-23(32,18-9-7-17(8-10-18)16-5-3-2-4-6-16)15-28-21(30)22(31)29-20-13-11-19(12-14-20)24(25,26)27/h2-14,32H,15H2,1H3,(H,28,30)(H,29,31). The number of carbonyl (C=O) groups excluding carboxylic acids is 2. The molecule has 0 aromatic heterocycles. The smallest absolute Gasteiger partial charge is 0.384 e. The molecule has 0 heterocycles. The Hall–Kier alpha value is -3.65. The van der Waals surface area contributed by atoms with E-state index < -0.39 is 29.2 Å². The summed E-state index contributed by atoms with van der Waals surface area (Å²) in [6.45, 7) is 1.26. The van der Waals surface area contributed by atoms with Crippen LogP contribution in [-0.4, -0.2) is 23.5 Å². The largest absolute Gasteiger partial charge is 0.416 e. The zero-order chi connectivity index (χ0) is 23.4. The van der Waals surface area contributed by atoms with Gasteiger partial charge in [-0.2, -0.15) is 13.2 Å². The van der Waals surface area contributed by atoms with Crippen LogP contribution in [0.2, 0.25) is 0 Å². The molecule has 0 fully saturated rings. The van der Waals surface area contributed by atoms with Crippen LogP contribution in [0.15, 0.2) is 78.9 Å². The number of hydrogen-bond donors (Lipinski definition) is 3. The predicted octanol–water partition coefficient (Wildman–Crippen LogP) is 4.33. The van der Waals surface area contributed by atoms with E-state index in [0.29, 0.717) is 5.56 Å². The minimum atomic E-state index is -4.50. The average Bonchev–Trinajstić information content (AvgIpc) is 2.78. The Balaban J connectivity index is 1.57. The normalized spacial score (nSPS) is 13.2. The van der Waals surface area contributed by atoms with E-state index in [1.807, 2.05) is 42.5 Å². The molecule has 5 nitrogen and oxygen atoms in total. The molecule has 3 aromatic carbocycles. The fraction of sp³-hybridized carbons (Fsp3) is 0.167. The molecule has 0 saturated heterocycles. The maximum absolute atomic E-state index is 12.6. The van der Waals surface area contributed by atoms with Crippen molar-refractivity contribution in [2.45, 2.75) is 18.7 Å². The number of nitrogens with one attached hydrogen (secondary N) is 2. The number of carbonyl (C=O) groups is 2. The van der Waals surface area contributed by atoms with Gasteiger partial charge in [0.05, 0.1) is 12.1 Å². The fourth-order valence-electron chi connectivity index (χ4n) is 3.02. The molecule has 0 aliphatic rings. The summed E-state index contributed by atoms with van der Waals surface area (Å²) < 4.78 is 37.8. The van der Waals surface area contributed by atoms with Gasteiger partial charge in [-0.3, -0.25) is 9.59 Å². The van der Waals surface area contributed by atoms with E-state index in [9.17, 15) is 27.9 Å². The Morgan fingerprint density at radius 3 is 1.88 bits per heavy atom. The van der Waals surface area contributed by atoms with Crippen molar-refractivity contribution in [1.29, 1.82) is 0 Å². The van der Waals surface area contributed by atoms with Gasteiger partial charge in [-0.25, -0.2) is 0 Å². The molecule has 166 valence electrons. The second-order valence-corrected chi connectivity index (χ2v) is 7.43. The molecule has 3 N–H and O–H groups in total. The molecular weight excluding hydrogens is 421 g/mol. The highest BCUT2D eigenvalue weighted by Gasteiger charge is 2.30. The van der Waals surface area contributed by atoms with Crippen LogP contribution in [0.5, 0.6) is 0 Å². The van der Waals surface area contributed by atoms with Crippen molar-refractivity contribution >= 4 is 17.5 Å². The van der Waals surface area contributed by atoms with Gasteiger partial charge in [-0.05, 0) is 47.9 Å². The van der Waals surface area contributed by atoms with Crippen LogP contribution in [0.3, 0.4) is 0 Å². The lowest BCUT2D eigenvalue weighted by atomic mass is 9.93. The summed E-state index contributed by atoms with van der Waals surface area (Å²) >= 11 is 0. The highest BCUT2D eigenvalue weighted by atomic mass is 19.4. The van der Waals surface area contributed by atoms with Gasteiger partial charge in [-0.1, -0.05) is 54.6 Å². The van der Waals surface area contributed by atoms with Gasteiger partial charge in [0, 0.05) is 5.69 Å². The van der Waals surface area contributed by atoms with Crippen LogP contribution in [0.4, 0.5) is 18.9 Å². The lowest BCUT2D eigenvalue weighted by Gasteiger charge is -2.24. The average molecular weight is 442 g/mol. The number of alkyl halides is 3. The monoisotopic (exact) mass is 442 g/mol. The van der Waals surface area contributed by atoms with Gasteiger partial charge in [0.15, 0.2) is 0 Å². The second kappa shape index (κ2) is 9.23. The highest BCUT2D eigenvalue weighted by Crippen LogP contribution is 2.30. The van der Waals surface area contributed by atoms with Gasteiger partial charge in [0.1, 0.15) is 5.60 Å². The number of hydrogen-bond acceptors (Lipinski definition) is 3. The summed E-state index contributed by atoms with van der Waals surface area (Å²) in [6.07, 6.45) is -4.50. The van der Waals surface area contributed by atoms with Gasteiger partial charge in [0.25, 0.3) is 0 Å². The third-order valence-electron chi connectivity index (χ3n) is 4.88. The first-order chi connectivity index (χ1) is 15.1. The number of amides is 2. The second-order valence-electron chi connectivity index (χ2n) is 7.43. The van der Waals surface area contributed by atoms with E-state index >= 15 is 0 Å². The summed E-state index contributed by atoms with van der Waals surface area (Å²) in [6, 6.07) is 20.6. The van der Waals surface area contributed by atoms with Crippen LogP contribution >= 0.6 is 0 Å². The Morgan fingerprint density at radius 2 is 1.31 bits per heavy atom. The van der Waals surface area contributed by atoms with Crippen molar-refractivity contribution in [1.82, 2.24) is 5.32 Å². The lowest BCUT2D eigenvalue weighted by Crippen LogP contribution is -2.43. The van der Waals surface area contributed by atoms with Gasteiger partial charge >= 0.3 is 18.0 Å². The molecule has 0 aliphatic heterocycles. The molecule has 1 unspecified atom stereocenters. The first-order valence-corrected chi connectivity index (χ1v) is 9.71. The molecule has 0 bridgehead atoms. The first kappa shape index (κ1) is 23.0. The van der Waals surface area contributed by atoms with Crippen LogP contribution in [-0.2, 0) is 21.4 Å². The highest BCUT2D eigenvalue weighted by molar-refractivity contribution is 6.39. The summed E-state index contributed by atoms with van der Waals surface area (Å²) in [7, 11) is 0. The number of anilines is 1. The number of rotatable bonds is 5. The van der Waals surface area contributed by atoms with E-state index in [-0.39, 0.29) is 12.2 Å². The maximum atomic E-state index is 12.6. The van der Waals surface area contributed by atoms with Gasteiger partial charge in [-0.15, -0.1) is 0 Å². The van der Waals surface area contributed by atoms with Crippen molar-refractivity contribution < 1.29 is 27.9 Å². The minimum Gasteiger partial charge on any atom is -0.384 e. The third-order valence-corrected chi connectivity index (χ3v) is 4.88. The Kier molecular flexibility index (Phi) is 6.64. The molecule has 3 rings (SSSR count). The van der Waals surface area contributed by atoms with Crippen LogP contribution < -0.4 is 10.6 Å².